The monoisotopic (exact) mass is 444 g/mol. The van der Waals surface area contributed by atoms with Crippen LogP contribution < -0.4 is 15.4 Å². The molecule has 4 heteroatoms. The number of anilines is 2. The topological polar surface area (TPSA) is 50.4 Å². The minimum Gasteiger partial charge on any atom is -0.486 e. The molecule has 4 nitrogen and oxygen atoms in total. The first-order valence-electron chi connectivity index (χ1n) is 11.2. The molecule has 0 aromatic heterocycles. The maximum atomic E-state index is 12.9. The zero-order valence-corrected chi connectivity index (χ0v) is 18.6. The maximum Gasteiger partial charge on any atom is 0.323 e. The molecule has 0 spiro atoms. The summed E-state index contributed by atoms with van der Waals surface area (Å²) in [6.07, 6.45) is 0. The van der Waals surface area contributed by atoms with Gasteiger partial charge in [-0.2, -0.15) is 0 Å². The van der Waals surface area contributed by atoms with Crippen molar-refractivity contribution >= 4 is 28.2 Å². The molecule has 34 heavy (non-hydrogen) atoms. The minimum atomic E-state index is -0.329. The second-order valence-corrected chi connectivity index (χ2v) is 7.93. The van der Waals surface area contributed by atoms with Crippen LogP contribution in [0.3, 0.4) is 0 Å². The third kappa shape index (κ3) is 4.76. The van der Waals surface area contributed by atoms with Crippen LogP contribution in [0.15, 0.2) is 121 Å². The summed E-state index contributed by atoms with van der Waals surface area (Å²) in [5.74, 6) is 0.636. The molecule has 0 aliphatic rings. The number of fused-ring (bicyclic) bond motifs is 1. The highest BCUT2D eigenvalue weighted by Crippen LogP contribution is 2.43. The van der Waals surface area contributed by atoms with Crippen LogP contribution in [-0.2, 0) is 6.61 Å². The van der Waals surface area contributed by atoms with Gasteiger partial charge in [-0.3, -0.25) is 0 Å². The summed E-state index contributed by atoms with van der Waals surface area (Å²) in [5, 5.41) is 7.99. The van der Waals surface area contributed by atoms with Crippen molar-refractivity contribution in [2.24, 2.45) is 0 Å². The average Bonchev–Trinajstić information content (AvgIpc) is 2.89. The minimum absolute atomic E-state index is 0.329. The molecule has 0 bridgehead atoms. The molecule has 5 aromatic rings. The van der Waals surface area contributed by atoms with Crippen molar-refractivity contribution in [3.05, 3.63) is 127 Å². The average molecular weight is 445 g/mol. The Balaban J connectivity index is 1.60. The Labute approximate surface area is 198 Å². The fourth-order valence-electron chi connectivity index (χ4n) is 4.00. The summed E-state index contributed by atoms with van der Waals surface area (Å²) in [6.45, 7) is 0.383. The van der Waals surface area contributed by atoms with E-state index in [2.05, 4.69) is 28.8 Å². The van der Waals surface area contributed by atoms with Crippen molar-refractivity contribution in [2.75, 3.05) is 10.6 Å². The molecular formula is C30H24N2O2. The lowest BCUT2D eigenvalue weighted by molar-refractivity contribution is 0.261. The summed E-state index contributed by atoms with van der Waals surface area (Å²) in [6, 6.07) is 39.3. The number of nitrogens with one attached hydrogen (secondary N) is 2. The number of carbonyl (C=O) groups is 1. The van der Waals surface area contributed by atoms with Crippen LogP contribution in [-0.4, -0.2) is 6.03 Å². The van der Waals surface area contributed by atoms with E-state index in [9.17, 15) is 4.79 Å². The molecule has 5 rings (SSSR count). The fraction of sp³-hybridized carbons (Fsp3) is 0.0333. The molecular weight excluding hydrogens is 420 g/mol. The summed E-state index contributed by atoms with van der Waals surface area (Å²) in [7, 11) is 0. The number of hydrogen-bond acceptors (Lipinski definition) is 2. The van der Waals surface area contributed by atoms with Crippen molar-refractivity contribution in [1.82, 2.24) is 0 Å². The number of ether oxygens (including phenoxy) is 1. The second kappa shape index (κ2) is 9.92. The van der Waals surface area contributed by atoms with Crippen LogP contribution in [0, 0.1) is 0 Å². The molecule has 0 fully saturated rings. The van der Waals surface area contributed by atoms with Crippen LogP contribution in [0.4, 0.5) is 16.2 Å². The van der Waals surface area contributed by atoms with E-state index in [-0.39, 0.29) is 6.03 Å². The van der Waals surface area contributed by atoms with Crippen molar-refractivity contribution < 1.29 is 9.53 Å². The normalized spacial score (nSPS) is 10.6. The predicted octanol–water partition coefficient (Wildman–Crippen LogP) is 7.73. The fourth-order valence-corrected chi connectivity index (χ4v) is 4.00. The first-order chi connectivity index (χ1) is 16.8. The molecule has 0 aliphatic carbocycles. The van der Waals surface area contributed by atoms with Gasteiger partial charge >= 0.3 is 6.03 Å². The Morgan fingerprint density at radius 3 is 2.03 bits per heavy atom. The Kier molecular flexibility index (Phi) is 6.21. The Morgan fingerprint density at radius 1 is 0.676 bits per heavy atom. The van der Waals surface area contributed by atoms with E-state index in [4.69, 9.17) is 4.74 Å². The first-order valence-corrected chi connectivity index (χ1v) is 11.2. The van der Waals surface area contributed by atoms with Gasteiger partial charge in [-0.15, -0.1) is 0 Å². The molecule has 0 radical (unpaired) electrons. The molecule has 5 aromatic carbocycles. The molecule has 0 saturated carbocycles. The third-order valence-corrected chi connectivity index (χ3v) is 5.57. The summed E-state index contributed by atoms with van der Waals surface area (Å²) in [4.78, 5) is 12.9. The second-order valence-electron chi connectivity index (χ2n) is 7.93. The first kappa shape index (κ1) is 21.3. The summed E-state index contributed by atoms with van der Waals surface area (Å²) >= 11 is 0. The number of amides is 2. The Bertz CT molecular complexity index is 1400. The van der Waals surface area contributed by atoms with Gasteiger partial charge in [0.25, 0.3) is 0 Å². The zero-order chi connectivity index (χ0) is 23.2. The lowest BCUT2D eigenvalue weighted by Gasteiger charge is -2.20. The van der Waals surface area contributed by atoms with Crippen LogP contribution in [0.5, 0.6) is 5.75 Å². The third-order valence-electron chi connectivity index (χ3n) is 5.57. The number of hydrogen-bond donors (Lipinski definition) is 2. The predicted molar refractivity (Wildman–Crippen MR) is 139 cm³/mol. The van der Waals surface area contributed by atoms with Crippen molar-refractivity contribution in [1.29, 1.82) is 0 Å². The smallest absolute Gasteiger partial charge is 0.323 e. The van der Waals surface area contributed by atoms with E-state index in [1.54, 1.807) is 0 Å². The SMILES string of the molecule is O=C(Nc1ccccc1)Nc1cc2ccccc2c(-c2ccccc2)c1OCc1ccccc1. The zero-order valence-electron chi connectivity index (χ0n) is 18.6. The molecule has 0 unspecified atom stereocenters. The van der Waals surface area contributed by atoms with E-state index >= 15 is 0 Å². The largest absolute Gasteiger partial charge is 0.486 e. The number of rotatable bonds is 6. The van der Waals surface area contributed by atoms with Crippen molar-refractivity contribution in [2.45, 2.75) is 6.61 Å². The van der Waals surface area contributed by atoms with Gasteiger partial charge in [0, 0.05) is 11.3 Å². The molecule has 0 heterocycles. The van der Waals surface area contributed by atoms with Gasteiger partial charge in [0.05, 0.1) is 5.69 Å². The highest BCUT2D eigenvalue weighted by atomic mass is 16.5. The van der Waals surface area contributed by atoms with Gasteiger partial charge in [0.1, 0.15) is 6.61 Å². The van der Waals surface area contributed by atoms with Gasteiger partial charge in [-0.1, -0.05) is 103 Å². The van der Waals surface area contributed by atoms with Gasteiger partial charge in [0.2, 0.25) is 0 Å². The van der Waals surface area contributed by atoms with E-state index in [1.807, 2.05) is 103 Å². The molecule has 2 N–H and O–H groups in total. The van der Waals surface area contributed by atoms with Gasteiger partial charge in [-0.05, 0) is 40.1 Å². The van der Waals surface area contributed by atoms with E-state index < -0.39 is 0 Å². The van der Waals surface area contributed by atoms with Gasteiger partial charge < -0.3 is 15.4 Å². The number of carbonyl (C=O) groups excluding carboxylic acids is 1. The summed E-state index contributed by atoms with van der Waals surface area (Å²) < 4.78 is 6.43. The quantitative estimate of drug-likeness (QED) is 0.281. The standard InChI is InChI=1S/C30H24N2O2/c33-30(31-25-17-8-3-9-18-25)32-27-20-24-16-10-11-19-26(24)28(23-14-6-2-7-15-23)29(27)34-21-22-12-4-1-5-13-22/h1-20H,21H2,(H2,31,32,33). The Hall–Kier alpha value is -4.57. The lowest BCUT2D eigenvalue weighted by Crippen LogP contribution is -2.20. The summed E-state index contributed by atoms with van der Waals surface area (Å²) in [5.41, 5.74) is 4.35. The number of para-hydroxylation sites is 1. The number of benzene rings is 5. The van der Waals surface area contributed by atoms with Gasteiger partial charge in [-0.25, -0.2) is 4.79 Å². The van der Waals surface area contributed by atoms with Crippen molar-refractivity contribution in [3.8, 4) is 16.9 Å². The number of urea groups is 1. The van der Waals surface area contributed by atoms with Crippen LogP contribution >= 0.6 is 0 Å². The highest BCUT2D eigenvalue weighted by Gasteiger charge is 2.18. The van der Waals surface area contributed by atoms with E-state index in [0.717, 1.165) is 33.2 Å². The molecule has 166 valence electrons. The molecule has 0 saturated heterocycles. The molecule has 2 amide bonds. The molecule has 0 aliphatic heterocycles. The van der Waals surface area contributed by atoms with Crippen LogP contribution in [0.1, 0.15) is 5.56 Å². The van der Waals surface area contributed by atoms with Crippen molar-refractivity contribution in [3.63, 3.8) is 0 Å². The van der Waals surface area contributed by atoms with Crippen LogP contribution in [0.25, 0.3) is 21.9 Å². The Morgan fingerprint density at radius 2 is 1.29 bits per heavy atom. The van der Waals surface area contributed by atoms with Crippen LogP contribution in [0.2, 0.25) is 0 Å². The van der Waals surface area contributed by atoms with Gasteiger partial charge in [0.15, 0.2) is 5.75 Å². The lowest BCUT2D eigenvalue weighted by atomic mass is 9.96. The van der Waals surface area contributed by atoms with E-state index in [0.29, 0.717) is 18.0 Å². The molecule has 0 atom stereocenters. The highest BCUT2D eigenvalue weighted by molar-refractivity contribution is 6.08. The van der Waals surface area contributed by atoms with E-state index in [1.165, 1.54) is 0 Å². The maximum absolute atomic E-state index is 12.9.